The zero-order valence-electron chi connectivity index (χ0n) is 12.6. The maximum absolute atomic E-state index is 4.58. The summed E-state index contributed by atoms with van der Waals surface area (Å²) >= 11 is 0. The molecule has 0 saturated carbocycles. The van der Waals surface area contributed by atoms with E-state index in [-0.39, 0.29) is 0 Å². The van der Waals surface area contributed by atoms with Crippen LogP contribution in [-0.2, 0) is 12.8 Å². The molecule has 1 atom stereocenters. The fourth-order valence-corrected chi connectivity index (χ4v) is 2.43. The normalized spacial score (nSPS) is 12.3. The van der Waals surface area contributed by atoms with Gasteiger partial charge in [-0.25, -0.2) is 9.97 Å². The van der Waals surface area contributed by atoms with E-state index in [0.717, 1.165) is 36.6 Å². The number of hydrogen-bond acceptors (Lipinski definition) is 3. The highest BCUT2D eigenvalue weighted by Gasteiger charge is 2.12. The molecule has 3 nitrogen and oxygen atoms in total. The van der Waals surface area contributed by atoms with Crippen molar-refractivity contribution >= 4 is 0 Å². The number of hydrogen-bond donors (Lipinski definition) is 1. The van der Waals surface area contributed by atoms with Crippen LogP contribution in [0.15, 0.2) is 36.4 Å². The van der Waals surface area contributed by atoms with Gasteiger partial charge in [-0.15, -0.1) is 0 Å². The molecule has 0 radical (unpaired) electrons. The lowest BCUT2D eigenvalue weighted by Crippen LogP contribution is -2.23. The average Bonchev–Trinajstić information content (AvgIpc) is 2.47. The minimum absolute atomic E-state index is 0.306. The van der Waals surface area contributed by atoms with Crippen LogP contribution in [0.1, 0.15) is 42.7 Å². The Morgan fingerprint density at radius 2 is 1.75 bits per heavy atom. The highest BCUT2D eigenvalue weighted by atomic mass is 14.9. The molecule has 2 rings (SSSR count). The molecule has 1 N–H and O–H groups in total. The first kappa shape index (κ1) is 14.7. The van der Waals surface area contributed by atoms with E-state index in [1.54, 1.807) is 0 Å². The first-order valence-corrected chi connectivity index (χ1v) is 7.34. The highest BCUT2D eigenvalue weighted by molar-refractivity contribution is 5.22. The van der Waals surface area contributed by atoms with E-state index >= 15 is 0 Å². The summed E-state index contributed by atoms with van der Waals surface area (Å²) in [6.45, 7) is 7.18. The molecule has 0 bridgehead atoms. The number of nitrogens with one attached hydrogen (secondary N) is 1. The van der Waals surface area contributed by atoms with Gasteiger partial charge in [0, 0.05) is 23.9 Å². The summed E-state index contributed by atoms with van der Waals surface area (Å²) in [5.41, 5.74) is 3.55. The van der Waals surface area contributed by atoms with Crippen molar-refractivity contribution in [1.82, 2.24) is 15.3 Å². The third-order valence-electron chi connectivity index (χ3n) is 3.37. The van der Waals surface area contributed by atoms with Gasteiger partial charge in [0.15, 0.2) is 0 Å². The first-order chi connectivity index (χ1) is 9.72. The van der Waals surface area contributed by atoms with Crippen LogP contribution >= 0.6 is 0 Å². The second-order valence-corrected chi connectivity index (χ2v) is 4.98. The molecule has 2 aromatic rings. The Kier molecular flexibility index (Phi) is 5.24. The Morgan fingerprint density at radius 3 is 2.40 bits per heavy atom. The largest absolute Gasteiger partial charge is 0.310 e. The number of nitrogens with zero attached hydrogens (tertiary/aromatic N) is 2. The molecule has 106 valence electrons. The van der Waals surface area contributed by atoms with Crippen molar-refractivity contribution in [2.75, 3.05) is 6.54 Å². The van der Waals surface area contributed by atoms with Gasteiger partial charge in [-0.2, -0.15) is 0 Å². The van der Waals surface area contributed by atoms with Crippen molar-refractivity contribution in [2.45, 2.75) is 39.7 Å². The highest BCUT2D eigenvalue weighted by Crippen LogP contribution is 2.18. The van der Waals surface area contributed by atoms with E-state index < -0.39 is 0 Å². The fraction of sp³-hybridized carbons (Fsp3) is 0.412. The van der Waals surface area contributed by atoms with Gasteiger partial charge in [-0.05, 0) is 31.5 Å². The summed E-state index contributed by atoms with van der Waals surface area (Å²) in [5, 5.41) is 3.54. The van der Waals surface area contributed by atoms with Gasteiger partial charge < -0.3 is 5.32 Å². The first-order valence-electron chi connectivity index (χ1n) is 7.34. The zero-order valence-corrected chi connectivity index (χ0v) is 12.6. The van der Waals surface area contributed by atoms with Gasteiger partial charge in [0.05, 0.1) is 0 Å². The van der Waals surface area contributed by atoms with Crippen LogP contribution in [0.2, 0.25) is 0 Å². The van der Waals surface area contributed by atoms with Crippen LogP contribution in [0.4, 0.5) is 0 Å². The van der Waals surface area contributed by atoms with Gasteiger partial charge in [0.25, 0.3) is 0 Å². The van der Waals surface area contributed by atoms with Crippen LogP contribution in [-0.4, -0.2) is 16.5 Å². The lowest BCUT2D eigenvalue weighted by Gasteiger charge is -2.18. The molecular formula is C17H23N3. The molecule has 20 heavy (non-hydrogen) atoms. The van der Waals surface area contributed by atoms with Gasteiger partial charge in [0.1, 0.15) is 5.82 Å². The minimum Gasteiger partial charge on any atom is -0.310 e. The second kappa shape index (κ2) is 7.15. The second-order valence-electron chi connectivity index (χ2n) is 4.98. The summed E-state index contributed by atoms with van der Waals surface area (Å²) in [4.78, 5) is 9.03. The minimum atomic E-state index is 0.306. The van der Waals surface area contributed by atoms with Crippen molar-refractivity contribution in [2.24, 2.45) is 0 Å². The SMILES string of the molecule is CCNC(Cc1cc(CC)nc(C)n1)c1ccccc1. The third kappa shape index (κ3) is 3.87. The molecule has 0 saturated heterocycles. The Balaban J connectivity index is 2.22. The lowest BCUT2D eigenvalue weighted by molar-refractivity contribution is 0.542. The third-order valence-corrected chi connectivity index (χ3v) is 3.37. The summed E-state index contributed by atoms with van der Waals surface area (Å²) in [5.74, 6) is 0.864. The number of rotatable bonds is 6. The summed E-state index contributed by atoms with van der Waals surface area (Å²) < 4.78 is 0. The van der Waals surface area contributed by atoms with E-state index in [4.69, 9.17) is 0 Å². The summed E-state index contributed by atoms with van der Waals surface area (Å²) in [6.07, 6.45) is 1.85. The Labute approximate surface area is 121 Å². The predicted octanol–water partition coefficient (Wildman–Crippen LogP) is 3.24. The summed E-state index contributed by atoms with van der Waals surface area (Å²) in [7, 11) is 0. The monoisotopic (exact) mass is 269 g/mol. The fourth-order valence-electron chi connectivity index (χ4n) is 2.43. The predicted molar refractivity (Wildman–Crippen MR) is 82.7 cm³/mol. The molecule has 1 unspecified atom stereocenters. The van der Waals surface area contributed by atoms with Gasteiger partial charge in [0.2, 0.25) is 0 Å². The van der Waals surface area contributed by atoms with Crippen molar-refractivity contribution in [3.8, 4) is 0 Å². The number of aryl methyl sites for hydroxylation is 2. The van der Waals surface area contributed by atoms with Gasteiger partial charge in [-0.1, -0.05) is 44.2 Å². The maximum Gasteiger partial charge on any atom is 0.125 e. The molecule has 1 heterocycles. The smallest absolute Gasteiger partial charge is 0.125 e. The van der Waals surface area contributed by atoms with Crippen LogP contribution in [0.25, 0.3) is 0 Å². The molecule has 0 spiro atoms. The average molecular weight is 269 g/mol. The number of aromatic nitrogens is 2. The molecule has 0 aliphatic heterocycles. The van der Waals surface area contributed by atoms with E-state index in [0.29, 0.717) is 6.04 Å². The van der Waals surface area contributed by atoms with Crippen LogP contribution < -0.4 is 5.32 Å². The van der Waals surface area contributed by atoms with Crippen LogP contribution in [0, 0.1) is 6.92 Å². The molecular weight excluding hydrogens is 246 g/mol. The van der Waals surface area contributed by atoms with E-state index in [1.807, 2.05) is 6.92 Å². The molecule has 3 heteroatoms. The van der Waals surface area contributed by atoms with E-state index in [1.165, 1.54) is 5.56 Å². The summed E-state index contributed by atoms with van der Waals surface area (Å²) in [6, 6.07) is 13.0. The molecule has 0 fully saturated rings. The van der Waals surface area contributed by atoms with E-state index in [9.17, 15) is 0 Å². The molecule has 1 aromatic heterocycles. The van der Waals surface area contributed by atoms with Gasteiger partial charge >= 0.3 is 0 Å². The molecule has 1 aromatic carbocycles. The number of likely N-dealkylation sites (N-methyl/N-ethyl adjacent to an activating group) is 1. The zero-order chi connectivity index (χ0) is 14.4. The molecule has 0 aliphatic rings. The quantitative estimate of drug-likeness (QED) is 0.875. The molecule has 0 amide bonds. The van der Waals surface area contributed by atoms with Crippen molar-refractivity contribution < 1.29 is 0 Å². The van der Waals surface area contributed by atoms with Crippen molar-refractivity contribution in [3.05, 3.63) is 59.2 Å². The Hall–Kier alpha value is -1.74. The maximum atomic E-state index is 4.58. The van der Waals surface area contributed by atoms with Gasteiger partial charge in [-0.3, -0.25) is 0 Å². The Bertz CT molecular complexity index is 537. The Morgan fingerprint density at radius 1 is 1.05 bits per heavy atom. The van der Waals surface area contributed by atoms with E-state index in [2.05, 4.69) is 65.5 Å². The van der Waals surface area contributed by atoms with Crippen LogP contribution in [0.5, 0.6) is 0 Å². The van der Waals surface area contributed by atoms with Crippen molar-refractivity contribution in [1.29, 1.82) is 0 Å². The molecule has 0 aliphatic carbocycles. The lowest BCUT2D eigenvalue weighted by atomic mass is 10.0. The topological polar surface area (TPSA) is 37.8 Å². The van der Waals surface area contributed by atoms with Crippen LogP contribution in [0.3, 0.4) is 0 Å². The van der Waals surface area contributed by atoms with Crippen molar-refractivity contribution in [3.63, 3.8) is 0 Å². The standard InChI is InChI=1S/C17H23N3/c1-4-15-11-16(20-13(3)19-15)12-17(18-5-2)14-9-7-6-8-10-14/h6-11,17-18H,4-5,12H2,1-3H3. The number of benzene rings is 1.